The minimum Gasteiger partial charge on any atom is -0.377 e. The van der Waals surface area contributed by atoms with Gasteiger partial charge in [0.25, 0.3) is 0 Å². The molecule has 1 unspecified atom stereocenters. The second-order valence-corrected chi connectivity index (χ2v) is 4.20. The van der Waals surface area contributed by atoms with Crippen molar-refractivity contribution in [3.8, 4) is 0 Å². The molecule has 1 atom stereocenters. The zero-order chi connectivity index (χ0) is 12.0. The standard InChI is InChI=1S/C13H22N2O/c1-4-11-5-7-12(8-6-11)13(15-14)9-16-10(2)3/h5-8,10,13,15H,4,9,14H2,1-3H3. The number of aryl methyl sites for hydroxylation is 1. The van der Waals surface area contributed by atoms with E-state index in [-0.39, 0.29) is 12.1 Å². The predicted molar refractivity (Wildman–Crippen MR) is 67.0 cm³/mol. The van der Waals surface area contributed by atoms with Gasteiger partial charge in [0.15, 0.2) is 0 Å². The van der Waals surface area contributed by atoms with Gasteiger partial charge in [-0.2, -0.15) is 0 Å². The van der Waals surface area contributed by atoms with Crippen LogP contribution in [0.1, 0.15) is 37.9 Å². The summed E-state index contributed by atoms with van der Waals surface area (Å²) in [6.07, 6.45) is 1.29. The van der Waals surface area contributed by atoms with E-state index in [1.807, 2.05) is 13.8 Å². The van der Waals surface area contributed by atoms with E-state index >= 15 is 0 Å². The lowest BCUT2D eigenvalue weighted by atomic mass is 10.0. The number of hydrazine groups is 1. The first kappa shape index (κ1) is 13.2. The second kappa shape index (κ2) is 6.63. The lowest BCUT2D eigenvalue weighted by Crippen LogP contribution is -2.32. The van der Waals surface area contributed by atoms with Gasteiger partial charge in [-0.3, -0.25) is 11.3 Å². The predicted octanol–water partition coefficient (Wildman–Crippen LogP) is 2.18. The Hall–Kier alpha value is -0.900. The number of benzene rings is 1. The SMILES string of the molecule is CCc1ccc(C(COC(C)C)NN)cc1. The molecule has 0 amide bonds. The van der Waals surface area contributed by atoms with Crippen LogP contribution in [-0.4, -0.2) is 12.7 Å². The maximum absolute atomic E-state index is 5.56. The number of rotatable bonds is 6. The summed E-state index contributed by atoms with van der Waals surface area (Å²) in [7, 11) is 0. The first-order valence-corrected chi connectivity index (χ1v) is 5.84. The Morgan fingerprint density at radius 2 is 1.88 bits per heavy atom. The molecule has 0 saturated heterocycles. The molecule has 3 N–H and O–H groups in total. The molecule has 0 heterocycles. The van der Waals surface area contributed by atoms with Gasteiger partial charge in [-0.05, 0) is 31.4 Å². The summed E-state index contributed by atoms with van der Waals surface area (Å²) in [5.41, 5.74) is 5.29. The van der Waals surface area contributed by atoms with Crippen LogP contribution in [0.5, 0.6) is 0 Å². The van der Waals surface area contributed by atoms with Gasteiger partial charge < -0.3 is 4.74 Å². The Kier molecular flexibility index (Phi) is 5.46. The first-order chi connectivity index (χ1) is 7.67. The van der Waals surface area contributed by atoms with Crippen LogP contribution in [0.4, 0.5) is 0 Å². The summed E-state index contributed by atoms with van der Waals surface area (Å²) in [4.78, 5) is 0. The molecule has 0 aliphatic rings. The van der Waals surface area contributed by atoms with E-state index in [9.17, 15) is 0 Å². The molecular formula is C13H22N2O. The monoisotopic (exact) mass is 222 g/mol. The largest absolute Gasteiger partial charge is 0.377 e. The van der Waals surface area contributed by atoms with E-state index in [1.54, 1.807) is 0 Å². The normalized spacial score (nSPS) is 13.1. The Balaban J connectivity index is 2.63. The van der Waals surface area contributed by atoms with Crippen molar-refractivity contribution in [2.75, 3.05) is 6.61 Å². The van der Waals surface area contributed by atoms with Crippen molar-refractivity contribution in [2.24, 2.45) is 5.84 Å². The van der Waals surface area contributed by atoms with Gasteiger partial charge in [0.05, 0.1) is 18.8 Å². The van der Waals surface area contributed by atoms with Gasteiger partial charge in [0, 0.05) is 0 Å². The van der Waals surface area contributed by atoms with Crippen LogP contribution < -0.4 is 11.3 Å². The maximum atomic E-state index is 5.56. The fourth-order valence-electron chi connectivity index (χ4n) is 1.51. The van der Waals surface area contributed by atoms with E-state index < -0.39 is 0 Å². The minimum absolute atomic E-state index is 0.0632. The van der Waals surface area contributed by atoms with Crippen LogP contribution in [0.25, 0.3) is 0 Å². The van der Waals surface area contributed by atoms with Crippen molar-refractivity contribution in [1.82, 2.24) is 5.43 Å². The molecule has 1 aromatic rings. The van der Waals surface area contributed by atoms with E-state index in [2.05, 4.69) is 36.6 Å². The van der Waals surface area contributed by atoms with E-state index in [1.165, 1.54) is 11.1 Å². The zero-order valence-corrected chi connectivity index (χ0v) is 10.4. The Labute approximate surface area is 98.0 Å². The van der Waals surface area contributed by atoms with E-state index in [4.69, 9.17) is 10.6 Å². The molecule has 1 rings (SSSR count). The van der Waals surface area contributed by atoms with Gasteiger partial charge in [0.1, 0.15) is 0 Å². The van der Waals surface area contributed by atoms with Gasteiger partial charge in [0.2, 0.25) is 0 Å². The van der Waals surface area contributed by atoms with E-state index in [0.29, 0.717) is 6.61 Å². The van der Waals surface area contributed by atoms with Crippen LogP contribution in [0.3, 0.4) is 0 Å². The smallest absolute Gasteiger partial charge is 0.0694 e. The maximum Gasteiger partial charge on any atom is 0.0694 e. The fraction of sp³-hybridized carbons (Fsp3) is 0.538. The van der Waals surface area contributed by atoms with Crippen LogP contribution in [0, 0.1) is 0 Å². The molecule has 0 fully saturated rings. The van der Waals surface area contributed by atoms with Crippen LogP contribution in [0.15, 0.2) is 24.3 Å². The molecule has 0 radical (unpaired) electrons. The zero-order valence-electron chi connectivity index (χ0n) is 10.4. The fourth-order valence-corrected chi connectivity index (χ4v) is 1.51. The van der Waals surface area contributed by atoms with Gasteiger partial charge in [-0.15, -0.1) is 0 Å². The molecule has 0 aliphatic heterocycles. The van der Waals surface area contributed by atoms with Crippen molar-refractivity contribution in [3.05, 3.63) is 35.4 Å². The molecule has 0 bridgehead atoms. The Bertz CT molecular complexity index is 295. The second-order valence-electron chi connectivity index (χ2n) is 4.20. The average molecular weight is 222 g/mol. The van der Waals surface area contributed by atoms with Crippen molar-refractivity contribution >= 4 is 0 Å². The third-order valence-corrected chi connectivity index (χ3v) is 2.59. The summed E-state index contributed by atoms with van der Waals surface area (Å²) in [6, 6.07) is 8.54. The molecule has 1 aromatic carbocycles. The van der Waals surface area contributed by atoms with Crippen LogP contribution in [0.2, 0.25) is 0 Å². The summed E-state index contributed by atoms with van der Waals surface area (Å²) in [6.45, 7) is 6.79. The molecule has 16 heavy (non-hydrogen) atoms. The average Bonchev–Trinajstić information content (AvgIpc) is 2.30. The van der Waals surface area contributed by atoms with Crippen molar-refractivity contribution in [2.45, 2.75) is 39.3 Å². The van der Waals surface area contributed by atoms with Gasteiger partial charge in [-0.1, -0.05) is 31.2 Å². The molecule has 0 spiro atoms. The number of nitrogens with one attached hydrogen (secondary N) is 1. The Morgan fingerprint density at radius 3 is 2.31 bits per heavy atom. The van der Waals surface area contributed by atoms with Crippen molar-refractivity contribution < 1.29 is 4.74 Å². The summed E-state index contributed by atoms with van der Waals surface area (Å²) < 4.78 is 5.56. The highest BCUT2D eigenvalue weighted by atomic mass is 16.5. The van der Waals surface area contributed by atoms with Gasteiger partial charge >= 0.3 is 0 Å². The van der Waals surface area contributed by atoms with Crippen molar-refractivity contribution in [3.63, 3.8) is 0 Å². The molecule has 0 aliphatic carbocycles. The number of hydrogen-bond donors (Lipinski definition) is 2. The first-order valence-electron chi connectivity index (χ1n) is 5.84. The van der Waals surface area contributed by atoms with Crippen molar-refractivity contribution in [1.29, 1.82) is 0 Å². The summed E-state index contributed by atoms with van der Waals surface area (Å²) in [5, 5.41) is 0. The third kappa shape index (κ3) is 3.93. The third-order valence-electron chi connectivity index (χ3n) is 2.59. The quantitative estimate of drug-likeness (QED) is 0.573. The highest BCUT2D eigenvalue weighted by Gasteiger charge is 2.10. The molecular weight excluding hydrogens is 200 g/mol. The minimum atomic E-state index is 0.0632. The molecule has 3 heteroatoms. The summed E-state index contributed by atoms with van der Waals surface area (Å²) >= 11 is 0. The van der Waals surface area contributed by atoms with Crippen LogP contribution >= 0.6 is 0 Å². The van der Waals surface area contributed by atoms with E-state index in [0.717, 1.165) is 6.42 Å². The van der Waals surface area contributed by atoms with Crippen LogP contribution in [-0.2, 0) is 11.2 Å². The molecule has 0 saturated carbocycles. The summed E-state index contributed by atoms with van der Waals surface area (Å²) in [5.74, 6) is 5.53. The number of nitrogens with two attached hydrogens (primary N) is 1. The Morgan fingerprint density at radius 1 is 1.25 bits per heavy atom. The highest BCUT2D eigenvalue weighted by Crippen LogP contribution is 2.14. The number of ether oxygens (including phenoxy) is 1. The molecule has 0 aromatic heterocycles. The lowest BCUT2D eigenvalue weighted by Gasteiger charge is -2.18. The molecule has 90 valence electrons. The van der Waals surface area contributed by atoms with Gasteiger partial charge in [-0.25, -0.2) is 0 Å². The highest BCUT2D eigenvalue weighted by molar-refractivity contribution is 5.25. The molecule has 3 nitrogen and oxygen atoms in total. The lowest BCUT2D eigenvalue weighted by molar-refractivity contribution is 0.0611. The number of hydrogen-bond acceptors (Lipinski definition) is 3. The topological polar surface area (TPSA) is 47.3 Å².